The summed E-state index contributed by atoms with van der Waals surface area (Å²) in [5.74, 6) is 1.42. The zero-order valence-electron chi connectivity index (χ0n) is 14.2. The zero-order valence-corrected chi connectivity index (χ0v) is 14.2. The van der Waals surface area contributed by atoms with Crippen LogP contribution in [0.4, 0.5) is 4.39 Å². The summed E-state index contributed by atoms with van der Waals surface area (Å²) in [6.45, 7) is 1.15. The van der Waals surface area contributed by atoms with E-state index in [9.17, 15) is 9.50 Å². The summed E-state index contributed by atoms with van der Waals surface area (Å²) in [6.07, 6.45) is 2.77. The molecule has 0 bridgehead atoms. The molecule has 1 aliphatic heterocycles. The van der Waals surface area contributed by atoms with E-state index in [-0.39, 0.29) is 11.9 Å². The maximum absolute atomic E-state index is 13.2. The number of aryl methyl sites for hydroxylation is 1. The lowest BCUT2D eigenvalue weighted by Gasteiger charge is -2.26. The van der Waals surface area contributed by atoms with Crippen molar-refractivity contribution in [1.82, 2.24) is 25.1 Å². The molecule has 6 nitrogen and oxygen atoms in total. The highest BCUT2D eigenvalue weighted by Crippen LogP contribution is 2.23. The highest BCUT2D eigenvalue weighted by Gasteiger charge is 2.24. The molecule has 0 amide bonds. The number of benzene rings is 1. The third-order valence-electron chi connectivity index (χ3n) is 4.68. The van der Waals surface area contributed by atoms with E-state index in [1.807, 2.05) is 18.2 Å². The molecule has 0 spiro atoms. The quantitative estimate of drug-likeness (QED) is 0.735. The summed E-state index contributed by atoms with van der Waals surface area (Å²) >= 11 is 0. The van der Waals surface area contributed by atoms with Gasteiger partial charge in [0.2, 0.25) is 0 Å². The van der Waals surface area contributed by atoms with Crippen LogP contribution < -0.4 is 5.32 Å². The molecule has 3 heterocycles. The fourth-order valence-electron chi connectivity index (χ4n) is 3.26. The summed E-state index contributed by atoms with van der Waals surface area (Å²) in [5.41, 5.74) is 1.51. The Balaban J connectivity index is 1.44. The Hall–Kier alpha value is -2.64. The second kappa shape index (κ2) is 7.31. The number of aliphatic hydroxyl groups is 1. The molecule has 3 aromatic rings. The standard InChI is InChI=1S/C19H20FN5O/c20-14-6-4-13(5-7-14)19-24-23-18-9-8-15(12-25(18)19)22-11-17(26)16-3-1-2-10-21-16/h1-7,10,15,17,22,26H,8-9,11-12H2. The van der Waals surface area contributed by atoms with Gasteiger partial charge in [-0.25, -0.2) is 4.39 Å². The molecule has 2 unspecified atom stereocenters. The summed E-state index contributed by atoms with van der Waals surface area (Å²) in [6, 6.07) is 12.0. The maximum Gasteiger partial charge on any atom is 0.164 e. The number of hydrogen-bond acceptors (Lipinski definition) is 5. The Morgan fingerprint density at radius 3 is 2.81 bits per heavy atom. The van der Waals surface area contributed by atoms with Crippen molar-refractivity contribution in [2.75, 3.05) is 6.54 Å². The second-order valence-electron chi connectivity index (χ2n) is 6.47. The lowest BCUT2D eigenvalue weighted by molar-refractivity contribution is 0.161. The molecule has 7 heteroatoms. The van der Waals surface area contributed by atoms with Crippen LogP contribution in [0, 0.1) is 5.82 Å². The molecule has 26 heavy (non-hydrogen) atoms. The molecule has 1 aromatic carbocycles. The van der Waals surface area contributed by atoms with E-state index < -0.39 is 6.10 Å². The van der Waals surface area contributed by atoms with Crippen molar-refractivity contribution in [3.05, 3.63) is 66.0 Å². The highest BCUT2D eigenvalue weighted by molar-refractivity contribution is 5.55. The fourth-order valence-corrected chi connectivity index (χ4v) is 3.26. The first-order valence-corrected chi connectivity index (χ1v) is 8.71. The van der Waals surface area contributed by atoms with Gasteiger partial charge in [-0.2, -0.15) is 0 Å². The molecule has 0 fully saturated rings. The van der Waals surface area contributed by atoms with Gasteiger partial charge in [-0.1, -0.05) is 6.07 Å². The maximum atomic E-state index is 13.2. The third kappa shape index (κ3) is 3.49. The number of aromatic nitrogens is 4. The van der Waals surface area contributed by atoms with Gasteiger partial charge in [0, 0.05) is 37.3 Å². The minimum Gasteiger partial charge on any atom is -0.385 e. The van der Waals surface area contributed by atoms with Crippen molar-refractivity contribution in [2.24, 2.45) is 0 Å². The van der Waals surface area contributed by atoms with Gasteiger partial charge in [0.1, 0.15) is 17.7 Å². The van der Waals surface area contributed by atoms with Crippen LogP contribution in [0.25, 0.3) is 11.4 Å². The third-order valence-corrected chi connectivity index (χ3v) is 4.68. The van der Waals surface area contributed by atoms with Crippen molar-refractivity contribution >= 4 is 0 Å². The van der Waals surface area contributed by atoms with Crippen molar-refractivity contribution < 1.29 is 9.50 Å². The highest BCUT2D eigenvalue weighted by atomic mass is 19.1. The van der Waals surface area contributed by atoms with Gasteiger partial charge in [-0.3, -0.25) is 4.98 Å². The molecule has 134 valence electrons. The van der Waals surface area contributed by atoms with E-state index >= 15 is 0 Å². The number of halogens is 1. The van der Waals surface area contributed by atoms with E-state index in [2.05, 4.69) is 25.1 Å². The van der Waals surface area contributed by atoms with E-state index in [0.29, 0.717) is 18.8 Å². The number of nitrogens with one attached hydrogen (secondary N) is 1. The van der Waals surface area contributed by atoms with Crippen LogP contribution in [0.3, 0.4) is 0 Å². The van der Waals surface area contributed by atoms with Crippen molar-refractivity contribution in [3.63, 3.8) is 0 Å². The van der Waals surface area contributed by atoms with E-state index in [1.54, 1.807) is 18.3 Å². The Kier molecular flexibility index (Phi) is 4.73. The molecular weight excluding hydrogens is 333 g/mol. The second-order valence-corrected chi connectivity index (χ2v) is 6.47. The van der Waals surface area contributed by atoms with Crippen LogP contribution in [0.1, 0.15) is 24.0 Å². The molecule has 0 radical (unpaired) electrons. The predicted molar refractivity (Wildman–Crippen MR) is 94.7 cm³/mol. The van der Waals surface area contributed by atoms with E-state index in [0.717, 1.165) is 30.1 Å². The first-order chi connectivity index (χ1) is 12.7. The molecule has 0 saturated heterocycles. The normalized spacial score (nSPS) is 17.7. The van der Waals surface area contributed by atoms with Crippen LogP contribution in [0.2, 0.25) is 0 Å². The van der Waals surface area contributed by atoms with Crippen LogP contribution in [0.5, 0.6) is 0 Å². The summed E-state index contributed by atoms with van der Waals surface area (Å²) in [7, 11) is 0. The molecular formula is C19H20FN5O. The lowest BCUT2D eigenvalue weighted by Crippen LogP contribution is -2.39. The Labute approximate surface area is 150 Å². The molecule has 0 aliphatic carbocycles. The number of rotatable bonds is 5. The first-order valence-electron chi connectivity index (χ1n) is 8.71. The average Bonchev–Trinajstić information content (AvgIpc) is 3.10. The van der Waals surface area contributed by atoms with E-state index in [4.69, 9.17) is 0 Å². The van der Waals surface area contributed by atoms with Gasteiger partial charge in [0.25, 0.3) is 0 Å². The molecule has 4 rings (SSSR count). The molecule has 2 N–H and O–H groups in total. The summed E-state index contributed by atoms with van der Waals surface area (Å²) in [4.78, 5) is 4.19. The van der Waals surface area contributed by atoms with Crippen molar-refractivity contribution in [1.29, 1.82) is 0 Å². The smallest absolute Gasteiger partial charge is 0.164 e. The number of pyridine rings is 1. The van der Waals surface area contributed by atoms with Gasteiger partial charge in [-0.15, -0.1) is 10.2 Å². The molecule has 0 saturated carbocycles. The Morgan fingerprint density at radius 2 is 2.04 bits per heavy atom. The van der Waals surface area contributed by atoms with Gasteiger partial charge >= 0.3 is 0 Å². The first kappa shape index (κ1) is 16.8. The number of fused-ring (bicyclic) bond motifs is 1. The van der Waals surface area contributed by atoms with Gasteiger partial charge < -0.3 is 15.0 Å². The Bertz CT molecular complexity index is 865. The zero-order chi connectivity index (χ0) is 17.9. The van der Waals surface area contributed by atoms with Crippen molar-refractivity contribution in [3.8, 4) is 11.4 Å². The SMILES string of the molecule is OC(CNC1CCc2nnc(-c3ccc(F)cc3)n2C1)c1ccccn1. The van der Waals surface area contributed by atoms with Crippen LogP contribution >= 0.6 is 0 Å². The number of hydrogen-bond donors (Lipinski definition) is 2. The topological polar surface area (TPSA) is 75.9 Å². The molecule has 1 aliphatic rings. The molecule has 2 aromatic heterocycles. The minimum absolute atomic E-state index is 0.205. The monoisotopic (exact) mass is 353 g/mol. The minimum atomic E-state index is -0.643. The Morgan fingerprint density at radius 1 is 1.19 bits per heavy atom. The largest absolute Gasteiger partial charge is 0.385 e. The van der Waals surface area contributed by atoms with Gasteiger partial charge in [0.15, 0.2) is 5.82 Å². The van der Waals surface area contributed by atoms with Gasteiger partial charge in [-0.05, 0) is 42.8 Å². The lowest BCUT2D eigenvalue weighted by atomic mass is 10.1. The van der Waals surface area contributed by atoms with Crippen LogP contribution in [0.15, 0.2) is 48.7 Å². The van der Waals surface area contributed by atoms with Crippen molar-refractivity contribution in [2.45, 2.75) is 31.5 Å². The van der Waals surface area contributed by atoms with Crippen LogP contribution in [-0.2, 0) is 13.0 Å². The summed E-state index contributed by atoms with van der Waals surface area (Å²) < 4.78 is 15.2. The predicted octanol–water partition coefficient (Wildman–Crippen LogP) is 2.12. The molecule has 2 atom stereocenters. The number of aliphatic hydroxyl groups excluding tert-OH is 1. The number of nitrogens with zero attached hydrogens (tertiary/aromatic N) is 4. The van der Waals surface area contributed by atoms with Gasteiger partial charge in [0.05, 0.1) is 5.69 Å². The van der Waals surface area contributed by atoms with Crippen LogP contribution in [-0.4, -0.2) is 37.4 Å². The average molecular weight is 353 g/mol. The van der Waals surface area contributed by atoms with E-state index in [1.165, 1.54) is 12.1 Å². The summed E-state index contributed by atoms with van der Waals surface area (Å²) in [5, 5.41) is 22.2. The fraction of sp³-hybridized carbons (Fsp3) is 0.316.